The van der Waals surface area contributed by atoms with Gasteiger partial charge in [-0.05, 0) is 25.2 Å². The molecule has 5 rings (SSSR count). The van der Waals surface area contributed by atoms with Crippen LogP contribution >= 0.6 is 0 Å². The van der Waals surface area contributed by atoms with Crippen molar-refractivity contribution < 1.29 is 19.1 Å². The topological polar surface area (TPSA) is 62.4 Å². The average Bonchev–Trinajstić information content (AvgIpc) is 3.31. The lowest BCUT2D eigenvalue weighted by Gasteiger charge is -2.49. The normalized spacial score (nSPS) is 49.1. The fourth-order valence-electron chi connectivity index (χ4n) is 6.97. The molecular formula is C21H32N2O4. The van der Waals surface area contributed by atoms with Crippen LogP contribution in [-0.4, -0.2) is 72.2 Å². The van der Waals surface area contributed by atoms with E-state index in [1.54, 1.807) is 6.92 Å². The Hall–Kier alpha value is -1.14. The van der Waals surface area contributed by atoms with E-state index >= 15 is 0 Å². The molecule has 1 amide bonds. The van der Waals surface area contributed by atoms with E-state index in [0.717, 1.165) is 39.1 Å². The fraction of sp³-hybridized carbons (Fsp3) is 0.905. The van der Waals surface area contributed by atoms with Gasteiger partial charge >= 0.3 is 5.97 Å². The van der Waals surface area contributed by atoms with Gasteiger partial charge < -0.3 is 14.4 Å². The number of rotatable bonds is 2. The van der Waals surface area contributed by atoms with Crippen LogP contribution in [0, 0.1) is 23.2 Å². The lowest BCUT2D eigenvalue weighted by atomic mass is 9.53. The number of carbonyl (C=O) groups excluding carboxylic acids is 2. The number of hydrogen-bond acceptors (Lipinski definition) is 5. The Morgan fingerprint density at radius 2 is 2.00 bits per heavy atom. The SMILES string of the molecule is CC(=O)N1CCN(C[C@@H]2C(=O)O[C@@H]3C[C@@]4(C)CCC[C@H](C)[C@]45O[C@@H]5[C@H]23)CC1. The lowest BCUT2D eigenvalue weighted by Crippen LogP contribution is -2.55. The van der Waals surface area contributed by atoms with Crippen LogP contribution in [0.3, 0.4) is 0 Å². The quantitative estimate of drug-likeness (QED) is 0.542. The van der Waals surface area contributed by atoms with Gasteiger partial charge in [0.15, 0.2) is 0 Å². The van der Waals surface area contributed by atoms with E-state index < -0.39 is 0 Å². The Morgan fingerprint density at radius 3 is 2.70 bits per heavy atom. The maximum absolute atomic E-state index is 12.8. The molecule has 0 unspecified atom stereocenters. The van der Waals surface area contributed by atoms with Crippen LogP contribution < -0.4 is 0 Å². The molecular weight excluding hydrogens is 344 g/mol. The number of amides is 1. The van der Waals surface area contributed by atoms with Crippen molar-refractivity contribution in [2.75, 3.05) is 32.7 Å². The molecule has 2 aliphatic carbocycles. The first-order valence-corrected chi connectivity index (χ1v) is 10.7. The molecule has 7 atom stereocenters. The standard InChI is InChI=1S/C21H32N2O4/c1-13-5-4-6-20(3)11-16-17(18-21(13,20)27-18)15(19(25)26-16)12-22-7-9-23(10-8-22)14(2)24/h13,15-18H,4-12H2,1-3H3/t13-,15-,16+,17+,18+,20+,21+/m0/s1. The second kappa shape index (κ2) is 5.93. The molecule has 6 heteroatoms. The van der Waals surface area contributed by atoms with E-state index in [2.05, 4.69) is 18.7 Å². The predicted molar refractivity (Wildman–Crippen MR) is 98.9 cm³/mol. The first-order chi connectivity index (χ1) is 12.9. The summed E-state index contributed by atoms with van der Waals surface area (Å²) in [5.41, 5.74) is 0.130. The highest BCUT2D eigenvalue weighted by Crippen LogP contribution is 2.70. The average molecular weight is 376 g/mol. The van der Waals surface area contributed by atoms with Crippen molar-refractivity contribution >= 4 is 11.9 Å². The monoisotopic (exact) mass is 376 g/mol. The van der Waals surface area contributed by atoms with Crippen LogP contribution in [0.1, 0.15) is 46.5 Å². The molecule has 0 aromatic rings. The van der Waals surface area contributed by atoms with Gasteiger partial charge in [0.2, 0.25) is 5.91 Å². The second-order valence-electron chi connectivity index (χ2n) is 9.86. The largest absolute Gasteiger partial charge is 0.462 e. The molecule has 27 heavy (non-hydrogen) atoms. The molecule has 5 aliphatic rings. The predicted octanol–water partition coefficient (Wildman–Crippen LogP) is 1.68. The van der Waals surface area contributed by atoms with Crippen molar-refractivity contribution in [2.24, 2.45) is 23.2 Å². The molecule has 3 saturated heterocycles. The summed E-state index contributed by atoms with van der Waals surface area (Å²) < 4.78 is 12.4. The van der Waals surface area contributed by atoms with E-state index in [9.17, 15) is 9.59 Å². The zero-order chi connectivity index (χ0) is 19.0. The Morgan fingerprint density at radius 1 is 1.26 bits per heavy atom. The summed E-state index contributed by atoms with van der Waals surface area (Å²) in [6, 6.07) is 0. The lowest BCUT2D eigenvalue weighted by molar-refractivity contribution is -0.147. The molecule has 3 heterocycles. The van der Waals surface area contributed by atoms with Crippen molar-refractivity contribution in [3.8, 4) is 0 Å². The van der Waals surface area contributed by atoms with Crippen LogP contribution in [0.4, 0.5) is 0 Å². The van der Waals surface area contributed by atoms with Gasteiger partial charge in [-0.2, -0.15) is 0 Å². The second-order valence-corrected chi connectivity index (χ2v) is 9.86. The highest BCUT2D eigenvalue weighted by atomic mass is 16.6. The van der Waals surface area contributed by atoms with Gasteiger partial charge in [0.1, 0.15) is 11.7 Å². The smallest absolute Gasteiger partial charge is 0.311 e. The number of fused-ring (bicyclic) bond motifs is 2. The minimum Gasteiger partial charge on any atom is -0.462 e. The van der Waals surface area contributed by atoms with Gasteiger partial charge in [-0.25, -0.2) is 0 Å². The van der Waals surface area contributed by atoms with Gasteiger partial charge in [-0.15, -0.1) is 0 Å². The van der Waals surface area contributed by atoms with Crippen molar-refractivity contribution in [2.45, 2.75) is 64.3 Å². The van der Waals surface area contributed by atoms with E-state index in [1.807, 2.05) is 4.90 Å². The first kappa shape index (κ1) is 17.9. The van der Waals surface area contributed by atoms with E-state index in [0.29, 0.717) is 5.92 Å². The molecule has 150 valence electrons. The van der Waals surface area contributed by atoms with Gasteiger partial charge in [-0.3, -0.25) is 14.5 Å². The summed E-state index contributed by atoms with van der Waals surface area (Å²) in [5.74, 6) is 0.803. The van der Waals surface area contributed by atoms with Crippen LogP contribution in [0.15, 0.2) is 0 Å². The van der Waals surface area contributed by atoms with Crippen molar-refractivity contribution in [3.05, 3.63) is 0 Å². The van der Waals surface area contributed by atoms with E-state index in [1.165, 1.54) is 19.3 Å². The molecule has 0 bridgehead atoms. The molecule has 3 aliphatic heterocycles. The van der Waals surface area contributed by atoms with Crippen LogP contribution in [0.5, 0.6) is 0 Å². The third-order valence-corrected chi connectivity index (χ3v) is 8.47. The Kier molecular flexibility index (Phi) is 3.94. The number of epoxide rings is 1. The molecule has 0 N–H and O–H groups in total. The summed E-state index contributed by atoms with van der Waals surface area (Å²) >= 11 is 0. The van der Waals surface area contributed by atoms with Gasteiger partial charge in [0.05, 0.1) is 12.0 Å². The Balaban J connectivity index is 1.32. The van der Waals surface area contributed by atoms with Crippen LogP contribution in [0.2, 0.25) is 0 Å². The minimum atomic E-state index is -0.0815. The summed E-state index contributed by atoms with van der Waals surface area (Å²) in [4.78, 5) is 28.5. The molecule has 2 saturated carbocycles. The van der Waals surface area contributed by atoms with Crippen LogP contribution in [0.25, 0.3) is 0 Å². The van der Waals surface area contributed by atoms with Gasteiger partial charge in [0, 0.05) is 51.0 Å². The minimum absolute atomic E-state index is 0.0219. The van der Waals surface area contributed by atoms with Crippen LogP contribution in [-0.2, 0) is 19.1 Å². The van der Waals surface area contributed by atoms with Crippen molar-refractivity contribution in [1.29, 1.82) is 0 Å². The van der Waals surface area contributed by atoms with E-state index in [-0.39, 0.29) is 46.9 Å². The zero-order valence-corrected chi connectivity index (χ0v) is 16.8. The highest BCUT2D eigenvalue weighted by Gasteiger charge is 2.78. The molecule has 1 spiro atoms. The summed E-state index contributed by atoms with van der Waals surface area (Å²) in [6.07, 6.45) is 4.84. The summed E-state index contributed by atoms with van der Waals surface area (Å²) in [7, 11) is 0. The molecule has 0 aromatic carbocycles. The van der Waals surface area contributed by atoms with Crippen molar-refractivity contribution in [3.63, 3.8) is 0 Å². The maximum atomic E-state index is 12.8. The number of carbonyl (C=O) groups is 2. The number of hydrogen-bond donors (Lipinski definition) is 0. The number of piperazine rings is 1. The van der Waals surface area contributed by atoms with Crippen molar-refractivity contribution in [1.82, 2.24) is 9.80 Å². The maximum Gasteiger partial charge on any atom is 0.311 e. The van der Waals surface area contributed by atoms with E-state index in [4.69, 9.17) is 9.47 Å². The third kappa shape index (κ3) is 2.45. The highest BCUT2D eigenvalue weighted by molar-refractivity contribution is 5.76. The Bertz CT molecular complexity index is 661. The number of esters is 1. The first-order valence-electron chi connectivity index (χ1n) is 10.7. The zero-order valence-electron chi connectivity index (χ0n) is 16.8. The molecule has 5 fully saturated rings. The number of nitrogens with zero attached hydrogens (tertiary/aromatic N) is 2. The third-order valence-electron chi connectivity index (χ3n) is 8.47. The summed E-state index contributed by atoms with van der Waals surface area (Å²) in [6.45, 7) is 10.3. The van der Waals surface area contributed by atoms with Gasteiger partial charge in [-0.1, -0.05) is 20.3 Å². The Labute approximate surface area is 161 Å². The molecule has 6 nitrogen and oxygen atoms in total. The van der Waals surface area contributed by atoms with Gasteiger partial charge in [0.25, 0.3) is 0 Å². The molecule has 0 radical (unpaired) electrons. The fourth-order valence-corrected chi connectivity index (χ4v) is 6.97. The summed E-state index contributed by atoms with van der Waals surface area (Å²) in [5, 5.41) is 0. The molecule has 0 aromatic heterocycles. The number of ether oxygens (including phenoxy) is 2.